The van der Waals surface area contributed by atoms with E-state index < -0.39 is 5.25 Å². The third kappa shape index (κ3) is 3.91. The number of furan rings is 1. The Hall–Kier alpha value is -2.74. The average Bonchev–Trinajstić information content (AvgIpc) is 3.32. The molecule has 0 bridgehead atoms. The van der Waals surface area contributed by atoms with Crippen LogP contribution in [-0.4, -0.2) is 40.2 Å². The number of thioether (sulfide) groups is 1. The average molecular weight is 373 g/mol. The highest BCUT2D eigenvalue weighted by Gasteiger charge is 2.22. The number of hydrogen-bond donors (Lipinski definition) is 0. The maximum atomic E-state index is 11.8. The van der Waals surface area contributed by atoms with E-state index in [2.05, 4.69) is 10.2 Å². The second kappa shape index (κ2) is 8.09. The van der Waals surface area contributed by atoms with E-state index in [1.54, 1.807) is 20.3 Å². The highest BCUT2D eigenvalue weighted by Crippen LogP contribution is 2.29. The molecule has 2 heterocycles. The van der Waals surface area contributed by atoms with Crippen LogP contribution in [0.25, 0.3) is 11.4 Å². The number of carbonyl (C=O) groups excluding carboxylic acids is 1. The molecular formula is C18H19N3O4S. The van der Waals surface area contributed by atoms with E-state index in [4.69, 9.17) is 13.9 Å². The Morgan fingerprint density at radius 1 is 1.27 bits per heavy atom. The largest absolute Gasteiger partial charge is 0.497 e. The van der Waals surface area contributed by atoms with Gasteiger partial charge in [0, 0.05) is 5.56 Å². The van der Waals surface area contributed by atoms with Gasteiger partial charge in [-0.15, -0.1) is 10.2 Å². The smallest absolute Gasteiger partial charge is 0.318 e. The van der Waals surface area contributed by atoms with Gasteiger partial charge in [-0.05, 0) is 31.2 Å². The van der Waals surface area contributed by atoms with Crippen molar-refractivity contribution in [2.45, 2.75) is 23.9 Å². The van der Waals surface area contributed by atoms with Crippen LogP contribution in [0.2, 0.25) is 0 Å². The maximum absolute atomic E-state index is 11.8. The Morgan fingerprint density at radius 3 is 2.81 bits per heavy atom. The van der Waals surface area contributed by atoms with Crippen LogP contribution in [0.1, 0.15) is 12.7 Å². The van der Waals surface area contributed by atoms with Crippen molar-refractivity contribution in [3.05, 3.63) is 48.4 Å². The molecule has 0 aliphatic heterocycles. The highest BCUT2D eigenvalue weighted by atomic mass is 32.2. The summed E-state index contributed by atoms with van der Waals surface area (Å²) in [6.45, 7) is 2.22. The number of ether oxygens (including phenoxy) is 2. The molecule has 0 spiro atoms. The van der Waals surface area contributed by atoms with Gasteiger partial charge in [0.1, 0.15) is 16.8 Å². The Kier molecular flexibility index (Phi) is 5.62. The summed E-state index contributed by atoms with van der Waals surface area (Å²) >= 11 is 1.29. The Labute approximate surface area is 155 Å². The molecule has 1 atom stereocenters. The van der Waals surface area contributed by atoms with E-state index in [9.17, 15) is 4.79 Å². The van der Waals surface area contributed by atoms with Crippen molar-refractivity contribution in [2.75, 3.05) is 14.2 Å². The molecule has 1 unspecified atom stereocenters. The molecule has 0 aliphatic carbocycles. The fraction of sp³-hybridized carbons (Fsp3) is 0.278. The van der Waals surface area contributed by atoms with Crippen molar-refractivity contribution in [3.8, 4) is 17.1 Å². The minimum atomic E-state index is -0.405. The van der Waals surface area contributed by atoms with Crippen LogP contribution >= 0.6 is 11.8 Å². The number of hydrogen-bond acceptors (Lipinski definition) is 7. The number of benzene rings is 1. The Morgan fingerprint density at radius 2 is 2.12 bits per heavy atom. The summed E-state index contributed by atoms with van der Waals surface area (Å²) in [5, 5.41) is 8.80. The molecule has 0 N–H and O–H groups in total. The molecule has 2 aromatic heterocycles. The van der Waals surface area contributed by atoms with Crippen LogP contribution in [0.5, 0.6) is 5.75 Å². The lowest BCUT2D eigenvalue weighted by Gasteiger charge is -2.12. The number of nitrogens with zero attached hydrogens (tertiary/aromatic N) is 3. The number of methoxy groups -OCH3 is 2. The van der Waals surface area contributed by atoms with Crippen molar-refractivity contribution in [3.63, 3.8) is 0 Å². The zero-order valence-electron chi connectivity index (χ0n) is 14.7. The molecule has 0 aliphatic rings. The van der Waals surface area contributed by atoms with Gasteiger partial charge in [-0.25, -0.2) is 0 Å². The minimum Gasteiger partial charge on any atom is -0.497 e. The lowest BCUT2D eigenvalue weighted by Crippen LogP contribution is -2.16. The molecule has 3 aromatic rings. The summed E-state index contributed by atoms with van der Waals surface area (Å²) in [4.78, 5) is 11.8. The molecule has 0 saturated heterocycles. The Bertz CT molecular complexity index is 876. The van der Waals surface area contributed by atoms with E-state index >= 15 is 0 Å². The molecule has 0 fully saturated rings. The van der Waals surface area contributed by atoms with Gasteiger partial charge in [0.2, 0.25) is 0 Å². The summed E-state index contributed by atoms with van der Waals surface area (Å²) in [6.07, 6.45) is 1.62. The molecule has 26 heavy (non-hydrogen) atoms. The van der Waals surface area contributed by atoms with Crippen LogP contribution in [-0.2, 0) is 16.1 Å². The quantitative estimate of drug-likeness (QED) is 0.464. The summed E-state index contributed by atoms with van der Waals surface area (Å²) in [7, 11) is 2.99. The van der Waals surface area contributed by atoms with Crippen LogP contribution in [0.15, 0.2) is 52.2 Å². The van der Waals surface area contributed by atoms with E-state index in [0.717, 1.165) is 17.1 Å². The normalized spacial score (nSPS) is 12.0. The predicted molar refractivity (Wildman–Crippen MR) is 97.2 cm³/mol. The zero-order valence-corrected chi connectivity index (χ0v) is 15.5. The standard InChI is InChI=1S/C18H19N3O4S/c1-12(17(22)24-3)26-18-20-19-16(13-6-4-7-14(10-13)23-2)21(18)11-15-8-5-9-25-15/h4-10,12H,11H2,1-3H3. The fourth-order valence-electron chi connectivity index (χ4n) is 2.42. The summed E-state index contributed by atoms with van der Waals surface area (Å²) in [5.74, 6) is 1.85. The molecule has 0 amide bonds. The number of rotatable bonds is 7. The van der Waals surface area contributed by atoms with Gasteiger partial charge in [-0.3, -0.25) is 9.36 Å². The van der Waals surface area contributed by atoms with E-state index in [0.29, 0.717) is 17.5 Å². The van der Waals surface area contributed by atoms with Gasteiger partial charge >= 0.3 is 5.97 Å². The van der Waals surface area contributed by atoms with Crippen molar-refractivity contribution in [1.82, 2.24) is 14.8 Å². The van der Waals surface area contributed by atoms with Gasteiger partial charge < -0.3 is 13.9 Å². The third-order valence-corrected chi connectivity index (χ3v) is 4.81. The lowest BCUT2D eigenvalue weighted by atomic mass is 10.2. The van der Waals surface area contributed by atoms with Gasteiger partial charge in [0.05, 0.1) is 27.0 Å². The molecule has 136 valence electrons. The molecular weight excluding hydrogens is 354 g/mol. The van der Waals surface area contributed by atoms with Gasteiger partial charge in [0.25, 0.3) is 0 Å². The van der Waals surface area contributed by atoms with Crippen LogP contribution < -0.4 is 4.74 Å². The number of esters is 1. The first-order chi connectivity index (χ1) is 12.6. The molecule has 3 rings (SSSR count). The second-order valence-corrected chi connectivity index (χ2v) is 6.79. The maximum Gasteiger partial charge on any atom is 0.318 e. The Balaban J connectivity index is 1.99. The minimum absolute atomic E-state index is 0.314. The molecule has 7 nitrogen and oxygen atoms in total. The highest BCUT2D eigenvalue weighted by molar-refractivity contribution is 8.00. The van der Waals surface area contributed by atoms with E-state index in [-0.39, 0.29) is 5.97 Å². The van der Waals surface area contributed by atoms with Gasteiger partial charge in [-0.2, -0.15) is 0 Å². The topological polar surface area (TPSA) is 79.4 Å². The molecule has 0 saturated carbocycles. The second-order valence-electron chi connectivity index (χ2n) is 5.49. The number of aromatic nitrogens is 3. The lowest BCUT2D eigenvalue weighted by molar-refractivity contribution is -0.139. The van der Waals surface area contributed by atoms with Crippen molar-refractivity contribution in [1.29, 1.82) is 0 Å². The van der Waals surface area contributed by atoms with Crippen LogP contribution in [0, 0.1) is 0 Å². The SMILES string of the molecule is COC(=O)C(C)Sc1nnc(-c2cccc(OC)c2)n1Cc1ccco1. The fourth-order valence-corrected chi connectivity index (χ4v) is 3.30. The predicted octanol–water partition coefficient (Wildman–Crippen LogP) is 3.25. The first-order valence-corrected chi connectivity index (χ1v) is 8.85. The monoisotopic (exact) mass is 373 g/mol. The molecule has 0 radical (unpaired) electrons. The van der Waals surface area contributed by atoms with Crippen molar-refractivity contribution >= 4 is 17.7 Å². The summed E-state index contributed by atoms with van der Waals surface area (Å²) < 4.78 is 17.5. The third-order valence-electron chi connectivity index (χ3n) is 3.75. The van der Waals surface area contributed by atoms with Crippen molar-refractivity contribution < 1.29 is 18.7 Å². The molecule has 8 heteroatoms. The van der Waals surface area contributed by atoms with E-state index in [1.165, 1.54) is 18.9 Å². The molecule has 1 aromatic carbocycles. The van der Waals surface area contributed by atoms with Crippen LogP contribution in [0.3, 0.4) is 0 Å². The summed E-state index contributed by atoms with van der Waals surface area (Å²) in [6, 6.07) is 11.3. The van der Waals surface area contributed by atoms with E-state index in [1.807, 2.05) is 41.0 Å². The summed E-state index contributed by atoms with van der Waals surface area (Å²) in [5.41, 5.74) is 0.862. The first-order valence-electron chi connectivity index (χ1n) is 7.97. The first kappa shape index (κ1) is 18.1. The number of carbonyl (C=O) groups is 1. The van der Waals surface area contributed by atoms with Crippen LogP contribution in [0.4, 0.5) is 0 Å². The van der Waals surface area contributed by atoms with Crippen molar-refractivity contribution in [2.24, 2.45) is 0 Å². The van der Waals surface area contributed by atoms with Gasteiger partial charge in [-0.1, -0.05) is 23.9 Å². The zero-order chi connectivity index (χ0) is 18.5. The van der Waals surface area contributed by atoms with Gasteiger partial charge in [0.15, 0.2) is 11.0 Å².